The van der Waals surface area contributed by atoms with Gasteiger partial charge in [0.05, 0.1) is 11.9 Å². The van der Waals surface area contributed by atoms with Crippen molar-refractivity contribution in [2.75, 3.05) is 11.5 Å². The Hall–Kier alpha value is -2.89. The Morgan fingerprint density at radius 1 is 1.04 bits per heavy atom. The van der Waals surface area contributed by atoms with E-state index in [1.54, 1.807) is 18.3 Å². The van der Waals surface area contributed by atoms with Gasteiger partial charge in [-0.15, -0.1) is 0 Å². The van der Waals surface area contributed by atoms with Crippen molar-refractivity contribution in [3.8, 4) is 22.6 Å². The largest absolute Gasteiger partial charge is 0.399 e. The molecule has 2 aromatic heterocycles. The number of hydrogen-bond acceptors (Lipinski definition) is 5. The van der Waals surface area contributed by atoms with Crippen LogP contribution in [0, 0.1) is 0 Å². The van der Waals surface area contributed by atoms with Crippen LogP contribution < -0.4 is 11.5 Å². The van der Waals surface area contributed by atoms with E-state index < -0.39 is 0 Å². The second-order valence-corrected chi connectivity index (χ2v) is 5.80. The molecule has 23 heavy (non-hydrogen) atoms. The van der Waals surface area contributed by atoms with E-state index in [4.69, 9.17) is 16.5 Å². The molecule has 1 aliphatic heterocycles. The van der Waals surface area contributed by atoms with Crippen molar-refractivity contribution in [2.45, 2.75) is 25.8 Å². The molecule has 0 radical (unpaired) electrons. The molecule has 6 heteroatoms. The van der Waals surface area contributed by atoms with Crippen molar-refractivity contribution in [3.05, 3.63) is 42.4 Å². The summed E-state index contributed by atoms with van der Waals surface area (Å²) in [5.74, 6) is 0.586. The number of hydrogen-bond donors (Lipinski definition) is 2. The molecule has 0 unspecified atom stereocenters. The first-order chi connectivity index (χ1) is 11.2. The van der Waals surface area contributed by atoms with Crippen LogP contribution in [0.5, 0.6) is 0 Å². The van der Waals surface area contributed by atoms with E-state index in [0.29, 0.717) is 17.2 Å². The highest BCUT2D eigenvalue weighted by Crippen LogP contribution is 2.29. The van der Waals surface area contributed by atoms with Crippen molar-refractivity contribution in [1.82, 2.24) is 19.7 Å². The number of nitrogens with two attached hydrogens (primary N) is 2. The summed E-state index contributed by atoms with van der Waals surface area (Å²) >= 11 is 0. The number of fused-ring (bicyclic) bond motifs is 1. The van der Waals surface area contributed by atoms with Gasteiger partial charge in [-0.25, -0.2) is 9.97 Å². The Morgan fingerprint density at radius 2 is 1.96 bits per heavy atom. The van der Waals surface area contributed by atoms with Crippen LogP contribution in [-0.2, 0) is 13.0 Å². The standard InChI is InChI=1S/C17H18N6/c18-11-4-5-14(19)12(9-11)17-20-7-6-15(22-17)13-10-21-23-8-2-1-3-16(13)23/h4-7,9-10H,1-3,8,18-19H2. The Labute approximate surface area is 134 Å². The highest BCUT2D eigenvalue weighted by atomic mass is 15.3. The summed E-state index contributed by atoms with van der Waals surface area (Å²) in [5, 5.41) is 4.48. The minimum absolute atomic E-state index is 0.586. The summed E-state index contributed by atoms with van der Waals surface area (Å²) < 4.78 is 2.08. The molecule has 0 fully saturated rings. The molecule has 0 spiro atoms. The third-order valence-corrected chi connectivity index (χ3v) is 4.23. The predicted octanol–water partition coefficient (Wildman–Crippen LogP) is 2.51. The minimum atomic E-state index is 0.586. The normalized spacial score (nSPS) is 13.7. The molecule has 3 heterocycles. The molecule has 6 nitrogen and oxygen atoms in total. The van der Waals surface area contributed by atoms with Gasteiger partial charge in [-0.3, -0.25) is 4.68 Å². The van der Waals surface area contributed by atoms with Crippen molar-refractivity contribution >= 4 is 11.4 Å². The quantitative estimate of drug-likeness (QED) is 0.709. The number of benzene rings is 1. The Balaban J connectivity index is 1.80. The first-order valence-corrected chi connectivity index (χ1v) is 7.76. The summed E-state index contributed by atoms with van der Waals surface area (Å²) in [6.07, 6.45) is 7.07. The first kappa shape index (κ1) is 13.8. The molecule has 116 valence electrons. The molecule has 0 saturated heterocycles. The van der Waals surface area contributed by atoms with E-state index in [0.717, 1.165) is 29.8 Å². The molecular formula is C17H18N6. The van der Waals surface area contributed by atoms with E-state index in [2.05, 4.69) is 14.8 Å². The van der Waals surface area contributed by atoms with E-state index in [9.17, 15) is 0 Å². The van der Waals surface area contributed by atoms with E-state index in [-0.39, 0.29) is 0 Å². The summed E-state index contributed by atoms with van der Waals surface area (Å²) in [5.41, 5.74) is 17.1. The highest BCUT2D eigenvalue weighted by Gasteiger charge is 2.17. The van der Waals surface area contributed by atoms with Gasteiger partial charge in [0.2, 0.25) is 0 Å². The molecular weight excluding hydrogens is 288 g/mol. The lowest BCUT2D eigenvalue weighted by Gasteiger charge is -2.14. The maximum Gasteiger partial charge on any atom is 0.161 e. The molecule has 3 aromatic rings. The van der Waals surface area contributed by atoms with Gasteiger partial charge in [0.25, 0.3) is 0 Å². The van der Waals surface area contributed by atoms with Crippen molar-refractivity contribution in [3.63, 3.8) is 0 Å². The molecule has 0 amide bonds. The lowest BCUT2D eigenvalue weighted by atomic mass is 10.0. The third kappa shape index (κ3) is 2.42. The fourth-order valence-electron chi connectivity index (χ4n) is 3.04. The van der Waals surface area contributed by atoms with Crippen molar-refractivity contribution in [2.24, 2.45) is 0 Å². The number of anilines is 2. The van der Waals surface area contributed by atoms with Gasteiger partial charge in [-0.1, -0.05) is 0 Å². The number of rotatable bonds is 2. The molecule has 4 N–H and O–H groups in total. The maximum atomic E-state index is 6.05. The van der Waals surface area contributed by atoms with Crippen LogP contribution in [0.3, 0.4) is 0 Å². The van der Waals surface area contributed by atoms with Crippen LogP contribution in [-0.4, -0.2) is 19.7 Å². The summed E-state index contributed by atoms with van der Waals surface area (Å²) in [7, 11) is 0. The zero-order chi connectivity index (χ0) is 15.8. The van der Waals surface area contributed by atoms with Crippen LogP contribution in [0.2, 0.25) is 0 Å². The molecule has 4 rings (SSSR count). The molecule has 0 atom stereocenters. The average Bonchev–Trinajstić information content (AvgIpc) is 3.01. The molecule has 1 aromatic carbocycles. The Bertz CT molecular complexity index is 867. The van der Waals surface area contributed by atoms with Gasteiger partial charge in [-0.05, 0) is 43.5 Å². The summed E-state index contributed by atoms with van der Waals surface area (Å²) in [6, 6.07) is 7.28. The van der Waals surface area contributed by atoms with Crippen LogP contribution in [0.15, 0.2) is 36.7 Å². The Morgan fingerprint density at radius 3 is 2.87 bits per heavy atom. The van der Waals surface area contributed by atoms with E-state index >= 15 is 0 Å². The topological polar surface area (TPSA) is 95.6 Å². The van der Waals surface area contributed by atoms with Gasteiger partial charge in [0, 0.05) is 40.9 Å². The van der Waals surface area contributed by atoms with Crippen LogP contribution in [0.1, 0.15) is 18.5 Å². The minimum Gasteiger partial charge on any atom is -0.399 e. The maximum absolute atomic E-state index is 6.05. The fraction of sp³-hybridized carbons (Fsp3) is 0.235. The van der Waals surface area contributed by atoms with Crippen LogP contribution in [0.25, 0.3) is 22.6 Å². The predicted molar refractivity (Wildman–Crippen MR) is 90.5 cm³/mol. The van der Waals surface area contributed by atoms with Crippen molar-refractivity contribution < 1.29 is 0 Å². The number of aromatic nitrogens is 4. The van der Waals surface area contributed by atoms with Gasteiger partial charge >= 0.3 is 0 Å². The SMILES string of the molecule is Nc1ccc(N)c(-c2nccc(-c3cnn4c3CCCC4)n2)c1. The summed E-state index contributed by atoms with van der Waals surface area (Å²) in [4.78, 5) is 9.06. The zero-order valence-corrected chi connectivity index (χ0v) is 12.7. The van der Waals surface area contributed by atoms with Gasteiger partial charge in [-0.2, -0.15) is 5.10 Å². The first-order valence-electron chi connectivity index (χ1n) is 7.76. The zero-order valence-electron chi connectivity index (χ0n) is 12.7. The van der Waals surface area contributed by atoms with E-state index in [1.165, 1.54) is 18.5 Å². The molecule has 0 saturated carbocycles. The second-order valence-electron chi connectivity index (χ2n) is 5.80. The number of nitrogen functional groups attached to an aromatic ring is 2. The van der Waals surface area contributed by atoms with Gasteiger partial charge < -0.3 is 11.5 Å². The van der Waals surface area contributed by atoms with Crippen LogP contribution >= 0.6 is 0 Å². The number of nitrogens with zero attached hydrogens (tertiary/aromatic N) is 4. The second kappa shape index (κ2) is 5.39. The van der Waals surface area contributed by atoms with Crippen molar-refractivity contribution in [1.29, 1.82) is 0 Å². The highest BCUT2D eigenvalue weighted by molar-refractivity contribution is 5.76. The monoisotopic (exact) mass is 306 g/mol. The third-order valence-electron chi connectivity index (χ3n) is 4.23. The van der Waals surface area contributed by atoms with Gasteiger partial charge in [0.1, 0.15) is 0 Å². The molecule has 0 aliphatic carbocycles. The van der Waals surface area contributed by atoms with Gasteiger partial charge in [0.15, 0.2) is 5.82 Å². The fourth-order valence-corrected chi connectivity index (χ4v) is 3.04. The smallest absolute Gasteiger partial charge is 0.161 e. The number of aryl methyl sites for hydroxylation is 1. The molecule has 0 bridgehead atoms. The van der Waals surface area contributed by atoms with E-state index in [1.807, 2.05) is 18.3 Å². The average molecular weight is 306 g/mol. The van der Waals surface area contributed by atoms with Crippen LogP contribution in [0.4, 0.5) is 11.4 Å². The Kier molecular flexibility index (Phi) is 3.22. The summed E-state index contributed by atoms with van der Waals surface area (Å²) in [6.45, 7) is 0.982. The lowest BCUT2D eigenvalue weighted by Crippen LogP contribution is -2.11. The molecule has 1 aliphatic rings. The lowest BCUT2D eigenvalue weighted by molar-refractivity contribution is 0.487.